The van der Waals surface area contributed by atoms with Crippen molar-refractivity contribution in [3.05, 3.63) is 65.7 Å². The molecule has 6 heteroatoms. The summed E-state index contributed by atoms with van der Waals surface area (Å²) in [6.07, 6.45) is 0.521. The van der Waals surface area contributed by atoms with Gasteiger partial charge in [0.2, 0.25) is 5.91 Å². The number of benzene rings is 2. The summed E-state index contributed by atoms with van der Waals surface area (Å²) in [6, 6.07) is 11.3. The molecule has 0 bridgehead atoms. The minimum atomic E-state index is -0.446. The number of halogens is 2. The van der Waals surface area contributed by atoms with Gasteiger partial charge in [0, 0.05) is 11.7 Å². The fourth-order valence-corrected chi connectivity index (χ4v) is 2.44. The number of hydrogen-bond donors (Lipinski definition) is 3. The van der Waals surface area contributed by atoms with Crippen LogP contribution in [0.1, 0.15) is 18.0 Å². The Kier molecular flexibility index (Phi) is 4.13. The van der Waals surface area contributed by atoms with E-state index in [1.165, 1.54) is 30.3 Å². The van der Waals surface area contributed by atoms with E-state index in [0.717, 1.165) is 5.56 Å². The van der Waals surface area contributed by atoms with Crippen LogP contribution < -0.4 is 16.2 Å². The van der Waals surface area contributed by atoms with Gasteiger partial charge in [-0.1, -0.05) is 18.2 Å². The smallest absolute Gasteiger partial charge is 0.242 e. The number of nitrogens with one attached hydrogen (secondary N) is 3. The van der Waals surface area contributed by atoms with E-state index in [2.05, 4.69) is 16.2 Å². The highest BCUT2D eigenvalue weighted by molar-refractivity contribution is 5.95. The van der Waals surface area contributed by atoms with E-state index in [-0.39, 0.29) is 17.8 Å². The molecule has 1 amide bonds. The zero-order chi connectivity index (χ0) is 15.5. The van der Waals surface area contributed by atoms with Crippen molar-refractivity contribution < 1.29 is 13.6 Å². The van der Waals surface area contributed by atoms with Crippen LogP contribution in [0.3, 0.4) is 0 Å². The second-order valence-electron chi connectivity index (χ2n) is 5.18. The Labute approximate surface area is 126 Å². The molecule has 22 heavy (non-hydrogen) atoms. The Morgan fingerprint density at radius 3 is 2.55 bits per heavy atom. The van der Waals surface area contributed by atoms with Gasteiger partial charge in [-0.3, -0.25) is 4.79 Å². The van der Waals surface area contributed by atoms with Crippen molar-refractivity contribution >= 4 is 11.6 Å². The van der Waals surface area contributed by atoms with Crippen LogP contribution in [-0.4, -0.2) is 11.9 Å². The quantitative estimate of drug-likeness (QED) is 0.816. The summed E-state index contributed by atoms with van der Waals surface area (Å²) >= 11 is 0. The minimum absolute atomic E-state index is 0.0798. The maximum atomic E-state index is 13.1. The van der Waals surface area contributed by atoms with Crippen molar-refractivity contribution in [3.8, 4) is 0 Å². The van der Waals surface area contributed by atoms with E-state index in [1.54, 1.807) is 18.2 Å². The van der Waals surface area contributed by atoms with Gasteiger partial charge in [-0.15, -0.1) is 0 Å². The summed E-state index contributed by atoms with van der Waals surface area (Å²) in [7, 11) is 0. The molecule has 1 aliphatic heterocycles. The third kappa shape index (κ3) is 3.29. The van der Waals surface area contributed by atoms with Crippen molar-refractivity contribution in [2.24, 2.45) is 0 Å². The molecule has 1 saturated heterocycles. The van der Waals surface area contributed by atoms with Crippen LogP contribution in [0.15, 0.2) is 48.5 Å². The molecule has 4 nitrogen and oxygen atoms in total. The summed E-state index contributed by atoms with van der Waals surface area (Å²) in [6.45, 7) is 0. The van der Waals surface area contributed by atoms with Crippen molar-refractivity contribution in [2.75, 3.05) is 5.32 Å². The largest absolute Gasteiger partial charge is 0.325 e. The number of carbonyl (C=O) groups excluding carboxylic acids is 1. The van der Waals surface area contributed by atoms with Crippen LogP contribution in [0.4, 0.5) is 14.5 Å². The predicted molar refractivity (Wildman–Crippen MR) is 78.8 cm³/mol. The summed E-state index contributed by atoms with van der Waals surface area (Å²) in [4.78, 5) is 12.2. The molecule has 1 heterocycles. The summed E-state index contributed by atoms with van der Waals surface area (Å²) in [5.74, 6) is -0.947. The van der Waals surface area contributed by atoms with E-state index in [1.807, 2.05) is 0 Å². The van der Waals surface area contributed by atoms with Gasteiger partial charge in [-0.05, 0) is 42.3 Å². The normalized spacial score (nSPS) is 20.8. The van der Waals surface area contributed by atoms with E-state index >= 15 is 0 Å². The van der Waals surface area contributed by atoms with Gasteiger partial charge in [0.05, 0.1) is 0 Å². The molecule has 0 radical (unpaired) electrons. The van der Waals surface area contributed by atoms with E-state index in [4.69, 9.17) is 0 Å². The highest BCUT2D eigenvalue weighted by atomic mass is 19.1. The number of hydrogen-bond acceptors (Lipinski definition) is 3. The Balaban J connectivity index is 1.62. The molecule has 2 unspecified atom stereocenters. The lowest BCUT2D eigenvalue weighted by Crippen LogP contribution is -2.39. The molecule has 0 saturated carbocycles. The average molecular weight is 303 g/mol. The van der Waals surface area contributed by atoms with Crippen molar-refractivity contribution in [3.63, 3.8) is 0 Å². The van der Waals surface area contributed by atoms with Gasteiger partial charge in [0.1, 0.15) is 17.7 Å². The molecule has 0 aliphatic carbocycles. The van der Waals surface area contributed by atoms with Gasteiger partial charge < -0.3 is 5.32 Å². The Morgan fingerprint density at radius 1 is 1.05 bits per heavy atom. The lowest BCUT2D eigenvalue weighted by atomic mass is 10.0. The third-order valence-electron chi connectivity index (χ3n) is 3.58. The first-order chi connectivity index (χ1) is 10.6. The molecule has 3 rings (SSSR count). The van der Waals surface area contributed by atoms with E-state index in [0.29, 0.717) is 12.1 Å². The van der Waals surface area contributed by atoms with Crippen molar-refractivity contribution in [2.45, 2.75) is 18.5 Å². The van der Waals surface area contributed by atoms with Crippen LogP contribution >= 0.6 is 0 Å². The molecule has 0 spiro atoms. The third-order valence-corrected chi connectivity index (χ3v) is 3.58. The fourth-order valence-electron chi connectivity index (χ4n) is 2.44. The second-order valence-corrected chi connectivity index (χ2v) is 5.18. The summed E-state index contributed by atoms with van der Waals surface area (Å²) in [5, 5.41) is 2.66. The Morgan fingerprint density at radius 2 is 1.82 bits per heavy atom. The number of rotatable bonds is 3. The molecular weight excluding hydrogens is 288 g/mol. The van der Waals surface area contributed by atoms with Gasteiger partial charge >= 0.3 is 0 Å². The first kappa shape index (κ1) is 14.6. The molecule has 2 aromatic carbocycles. The Bertz CT molecular complexity index is 675. The van der Waals surface area contributed by atoms with E-state index < -0.39 is 11.9 Å². The van der Waals surface area contributed by atoms with Crippen LogP contribution in [0.25, 0.3) is 0 Å². The monoisotopic (exact) mass is 303 g/mol. The summed E-state index contributed by atoms with van der Waals surface area (Å²) < 4.78 is 26.0. The molecule has 3 N–H and O–H groups in total. The molecule has 0 aromatic heterocycles. The second kappa shape index (κ2) is 6.21. The SMILES string of the molecule is O=C(Nc1cccc(F)c1)C1CC(c2ccc(F)cc2)NN1. The van der Waals surface area contributed by atoms with E-state index in [9.17, 15) is 13.6 Å². The highest BCUT2D eigenvalue weighted by Crippen LogP contribution is 2.23. The van der Waals surface area contributed by atoms with Gasteiger partial charge in [-0.25, -0.2) is 19.6 Å². The fraction of sp³-hybridized carbons (Fsp3) is 0.188. The van der Waals surface area contributed by atoms with Crippen molar-refractivity contribution in [1.82, 2.24) is 10.9 Å². The van der Waals surface area contributed by atoms with Crippen LogP contribution in [-0.2, 0) is 4.79 Å². The highest BCUT2D eigenvalue weighted by Gasteiger charge is 2.30. The first-order valence-corrected chi connectivity index (χ1v) is 6.95. The lowest BCUT2D eigenvalue weighted by molar-refractivity contribution is -0.117. The maximum Gasteiger partial charge on any atom is 0.242 e. The van der Waals surface area contributed by atoms with Gasteiger partial charge in [0.25, 0.3) is 0 Å². The summed E-state index contributed by atoms with van der Waals surface area (Å²) in [5.41, 5.74) is 7.23. The zero-order valence-electron chi connectivity index (χ0n) is 11.6. The number of anilines is 1. The van der Waals surface area contributed by atoms with Crippen molar-refractivity contribution in [1.29, 1.82) is 0 Å². The number of hydrazine groups is 1. The molecular formula is C16H15F2N3O. The first-order valence-electron chi connectivity index (χ1n) is 6.95. The average Bonchev–Trinajstić information content (AvgIpc) is 2.98. The van der Waals surface area contributed by atoms with Crippen LogP contribution in [0, 0.1) is 11.6 Å². The Hall–Kier alpha value is -2.31. The standard InChI is InChI=1S/C16H15F2N3O/c17-11-6-4-10(5-7-11)14-9-15(21-20-14)16(22)19-13-3-1-2-12(18)8-13/h1-8,14-15,20-21H,9H2,(H,19,22). The topological polar surface area (TPSA) is 53.2 Å². The van der Waals surface area contributed by atoms with Crippen LogP contribution in [0.2, 0.25) is 0 Å². The molecule has 114 valence electrons. The number of carbonyl (C=O) groups is 1. The zero-order valence-corrected chi connectivity index (χ0v) is 11.6. The molecule has 1 fully saturated rings. The molecule has 2 atom stereocenters. The van der Waals surface area contributed by atoms with Gasteiger partial charge in [0.15, 0.2) is 0 Å². The molecule has 1 aliphatic rings. The number of amides is 1. The molecule has 2 aromatic rings. The minimum Gasteiger partial charge on any atom is -0.325 e. The van der Waals surface area contributed by atoms with Crippen LogP contribution in [0.5, 0.6) is 0 Å². The van der Waals surface area contributed by atoms with Gasteiger partial charge in [-0.2, -0.15) is 0 Å². The maximum absolute atomic E-state index is 13.1. The predicted octanol–water partition coefficient (Wildman–Crippen LogP) is 2.51. The lowest BCUT2D eigenvalue weighted by Gasteiger charge is -2.11.